The number of unbranched alkanes of at least 4 members (excludes halogenated alkanes) is 30. The lowest BCUT2D eigenvalue weighted by Gasteiger charge is -2.34. The van der Waals surface area contributed by atoms with E-state index in [9.17, 15) is 20.4 Å². The van der Waals surface area contributed by atoms with Gasteiger partial charge in [-0.15, -0.1) is 0 Å². The topological polar surface area (TPSA) is 93.9 Å². The highest BCUT2D eigenvalue weighted by Crippen LogP contribution is 2.25. The van der Waals surface area contributed by atoms with Crippen molar-refractivity contribution in [2.75, 3.05) is 102 Å². The van der Waals surface area contributed by atoms with Crippen molar-refractivity contribution in [3.63, 3.8) is 0 Å². The predicted octanol–water partition coefficient (Wildman–Crippen LogP) is 17.1. The fourth-order valence-corrected chi connectivity index (χ4v) is 15.3. The molecule has 0 aromatic heterocycles. The first kappa shape index (κ1) is 75.1. The highest BCUT2D eigenvalue weighted by Gasteiger charge is 2.19. The molecule has 1 aliphatic rings. The highest BCUT2D eigenvalue weighted by molar-refractivity contribution is 8.77. The van der Waals surface area contributed by atoms with Crippen molar-refractivity contribution in [1.29, 1.82) is 0 Å². The number of hydrogen-bond acceptors (Lipinski definition) is 12. The van der Waals surface area contributed by atoms with Gasteiger partial charge in [-0.3, -0.25) is 19.6 Å². The van der Waals surface area contributed by atoms with Crippen molar-refractivity contribution in [3.05, 3.63) is 0 Å². The molecule has 1 heterocycles. The van der Waals surface area contributed by atoms with Gasteiger partial charge in [0.1, 0.15) is 0 Å². The zero-order chi connectivity index (χ0) is 55.0. The molecule has 1 rings (SSSR count). The average molecular weight is 1150 g/mol. The van der Waals surface area contributed by atoms with E-state index >= 15 is 0 Å². The van der Waals surface area contributed by atoms with Gasteiger partial charge in [-0.2, -0.15) is 0 Å². The summed E-state index contributed by atoms with van der Waals surface area (Å²) in [5.41, 5.74) is 0. The maximum atomic E-state index is 11.0. The van der Waals surface area contributed by atoms with Gasteiger partial charge in [0, 0.05) is 88.5 Å². The first-order valence-corrected chi connectivity index (χ1v) is 38.4. The Morgan fingerprint density at radius 1 is 0.289 bits per heavy atom. The first-order chi connectivity index (χ1) is 37.3. The summed E-state index contributed by atoms with van der Waals surface area (Å²) < 4.78 is 0. The molecule has 4 unspecified atom stereocenters. The normalized spacial score (nSPS) is 15.4. The minimum absolute atomic E-state index is 0.286. The Balaban J connectivity index is 2.27. The quantitative estimate of drug-likeness (QED) is 0.0345. The fourth-order valence-electron chi connectivity index (χ4n) is 10.9. The lowest BCUT2D eigenvalue weighted by atomic mass is 10.0. The van der Waals surface area contributed by atoms with E-state index in [1.807, 2.05) is 43.2 Å². The largest absolute Gasteiger partial charge is 0.392 e. The summed E-state index contributed by atoms with van der Waals surface area (Å²) >= 11 is 0. The molecule has 76 heavy (non-hydrogen) atoms. The average Bonchev–Trinajstić information content (AvgIpc) is 3.41. The zero-order valence-electron chi connectivity index (χ0n) is 51.1. The van der Waals surface area contributed by atoms with Gasteiger partial charge in [0.15, 0.2) is 0 Å². The smallest absolute Gasteiger partial charge is 0.0667 e. The molecule has 12 heteroatoms. The second kappa shape index (κ2) is 59.2. The van der Waals surface area contributed by atoms with Crippen LogP contribution in [0, 0.1) is 0 Å². The first-order valence-electron chi connectivity index (χ1n) is 33.4. The molecule has 0 bridgehead atoms. The van der Waals surface area contributed by atoms with Crippen LogP contribution in [-0.2, 0) is 0 Å². The molecule has 0 aliphatic carbocycles. The van der Waals surface area contributed by atoms with Crippen LogP contribution in [0.2, 0.25) is 0 Å². The van der Waals surface area contributed by atoms with Gasteiger partial charge < -0.3 is 20.4 Å². The van der Waals surface area contributed by atoms with Crippen LogP contribution in [0.5, 0.6) is 0 Å². The maximum Gasteiger partial charge on any atom is 0.0667 e. The Kier molecular flexibility index (Phi) is 58.5. The molecular weight excluding hydrogens is 1020 g/mol. The highest BCUT2D eigenvalue weighted by atomic mass is 33.1. The van der Waals surface area contributed by atoms with E-state index in [1.54, 1.807) is 0 Å². The Morgan fingerprint density at radius 2 is 0.513 bits per heavy atom. The number of aliphatic hydroxyl groups is 4. The molecule has 0 aromatic carbocycles. The van der Waals surface area contributed by atoms with Gasteiger partial charge >= 0.3 is 0 Å². The van der Waals surface area contributed by atoms with Crippen LogP contribution in [0.4, 0.5) is 0 Å². The van der Waals surface area contributed by atoms with Crippen molar-refractivity contribution >= 4 is 43.2 Å². The van der Waals surface area contributed by atoms with Gasteiger partial charge in [0.25, 0.3) is 0 Å². The molecule has 0 amide bonds. The van der Waals surface area contributed by atoms with Crippen LogP contribution in [0.1, 0.15) is 285 Å². The third-order valence-electron chi connectivity index (χ3n) is 16.0. The molecule has 0 spiro atoms. The molecular formula is C64H132N4O4S4. The minimum Gasteiger partial charge on any atom is -0.392 e. The summed E-state index contributed by atoms with van der Waals surface area (Å²) in [6.45, 7) is 21.0. The number of nitrogens with zero attached hydrogens (tertiary/aromatic N) is 4. The molecule has 456 valence electrons. The molecule has 1 saturated heterocycles. The van der Waals surface area contributed by atoms with Crippen molar-refractivity contribution in [2.45, 2.75) is 309 Å². The predicted molar refractivity (Wildman–Crippen MR) is 347 cm³/mol. The van der Waals surface area contributed by atoms with E-state index < -0.39 is 0 Å². The molecule has 0 aromatic rings. The monoisotopic (exact) mass is 1150 g/mol. The van der Waals surface area contributed by atoms with Crippen molar-refractivity contribution in [3.8, 4) is 0 Å². The van der Waals surface area contributed by atoms with Crippen molar-refractivity contribution in [1.82, 2.24) is 19.6 Å². The maximum absolute atomic E-state index is 11.0. The lowest BCUT2D eigenvalue weighted by Crippen LogP contribution is -2.47. The number of hydrogen-bond donors (Lipinski definition) is 4. The summed E-state index contributed by atoms with van der Waals surface area (Å²) in [5, 5.41) is 44.1. The summed E-state index contributed by atoms with van der Waals surface area (Å²) in [5.74, 6) is 4.73. The van der Waals surface area contributed by atoms with Crippen LogP contribution in [0.25, 0.3) is 0 Å². The van der Waals surface area contributed by atoms with Gasteiger partial charge in [-0.1, -0.05) is 276 Å². The van der Waals surface area contributed by atoms with Crippen LogP contribution in [0.15, 0.2) is 0 Å². The van der Waals surface area contributed by atoms with Crippen molar-refractivity contribution in [2.24, 2.45) is 0 Å². The SMILES string of the molecule is CCCCCCCCCCC(O)CN(CCCCSSCCN1CCN(CCSSCCCCN(CC(O)CCCCCCCCCC)CC(O)CCCCCCCCCC)CC1)CC(O)CCCCCCCCCC. The summed E-state index contributed by atoms with van der Waals surface area (Å²) in [6, 6.07) is 0. The molecule has 8 nitrogen and oxygen atoms in total. The standard InChI is InChI=1S/C64H132N4O4S4/c1-5-9-13-17-21-25-29-33-41-61(69)57-67(58-62(70)42-34-30-26-22-18-14-10-6-2)45-37-39-53-73-75-55-51-65-47-49-66(50-48-65)52-56-76-74-54-40-38-46-68(59-63(71)43-35-31-27-23-19-15-11-7-3)60-64(72)44-36-32-28-24-20-16-12-8-4/h61-64,69-72H,5-60H2,1-4H3. The molecule has 4 N–H and O–H groups in total. The third kappa shape index (κ3) is 51.9. The number of piperazine rings is 1. The lowest BCUT2D eigenvalue weighted by molar-refractivity contribution is 0.0594. The fraction of sp³-hybridized carbons (Fsp3) is 1.00. The van der Waals surface area contributed by atoms with Gasteiger partial charge in [-0.05, 0) is 64.5 Å². The van der Waals surface area contributed by atoms with Crippen LogP contribution in [0.3, 0.4) is 0 Å². The Labute approximate surface area is 490 Å². The minimum atomic E-state index is -0.286. The van der Waals surface area contributed by atoms with Gasteiger partial charge in [0.2, 0.25) is 0 Å². The molecule has 1 aliphatic heterocycles. The summed E-state index contributed by atoms with van der Waals surface area (Å²) in [4.78, 5) is 10.1. The third-order valence-corrected chi connectivity index (χ3v) is 20.9. The van der Waals surface area contributed by atoms with Crippen LogP contribution >= 0.6 is 43.2 Å². The second-order valence-electron chi connectivity index (χ2n) is 23.6. The van der Waals surface area contributed by atoms with Crippen LogP contribution in [-0.4, -0.2) is 166 Å². The summed E-state index contributed by atoms with van der Waals surface area (Å²) in [7, 11) is 8.16. The van der Waals surface area contributed by atoms with Gasteiger partial charge in [0.05, 0.1) is 24.4 Å². The zero-order valence-corrected chi connectivity index (χ0v) is 54.4. The van der Waals surface area contributed by atoms with E-state index in [0.717, 1.165) is 77.3 Å². The van der Waals surface area contributed by atoms with Crippen LogP contribution < -0.4 is 0 Å². The van der Waals surface area contributed by atoms with E-state index in [1.165, 1.54) is 255 Å². The van der Waals surface area contributed by atoms with Gasteiger partial charge in [-0.25, -0.2) is 0 Å². The Hall–Kier alpha value is 1.08. The van der Waals surface area contributed by atoms with E-state index in [2.05, 4.69) is 47.3 Å². The summed E-state index contributed by atoms with van der Waals surface area (Å²) in [6.07, 6.45) is 48.6. The number of rotatable bonds is 62. The molecule has 0 radical (unpaired) electrons. The molecule has 4 atom stereocenters. The van der Waals surface area contributed by atoms with E-state index in [4.69, 9.17) is 0 Å². The molecule has 0 saturated carbocycles. The molecule has 1 fully saturated rings. The second-order valence-corrected chi connectivity index (χ2v) is 29.0. The Bertz CT molecular complexity index is 993. The van der Waals surface area contributed by atoms with E-state index in [0.29, 0.717) is 26.2 Å². The number of aliphatic hydroxyl groups excluding tert-OH is 4. The van der Waals surface area contributed by atoms with Crippen molar-refractivity contribution < 1.29 is 20.4 Å². The van der Waals surface area contributed by atoms with E-state index in [-0.39, 0.29) is 24.4 Å². The Morgan fingerprint density at radius 3 is 0.763 bits per heavy atom.